The molecule has 1 aliphatic heterocycles. The highest BCUT2D eigenvalue weighted by Crippen LogP contribution is 2.23. The highest BCUT2D eigenvalue weighted by molar-refractivity contribution is 6.40. The van der Waals surface area contributed by atoms with Gasteiger partial charge in [-0.05, 0) is 18.7 Å². The van der Waals surface area contributed by atoms with Crippen LogP contribution in [0.15, 0.2) is 0 Å². The smallest absolute Gasteiger partial charge is 0.451 e. The van der Waals surface area contributed by atoms with Crippen LogP contribution in [0.5, 0.6) is 0 Å². The number of carbonyl (C=O) groups is 2. The third-order valence-electron chi connectivity index (χ3n) is 4.66. The zero-order valence-corrected chi connectivity index (χ0v) is 13.7. The molecule has 0 radical (unpaired) electrons. The summed E-state index contributed by atoms with van der Waals surface area (Å²) in [5.41, 5.74) is 5.91. The number of nitrogens with two attached hydrogens (primary N) is 1. The third-order valence-corrected chi connectivity index (χ3v) is 4.66. The van der Waals surface area contributed by atoms with E-state index in [0.717, 1.165) is 6.42 Å². The predicted octanol–water partition coefficient (Wildman–Crippen LogP) is -1.23. The molecule has 5 atom stereocenters. The maximum atomic E-state index is 12.2. The van der Waals surface area contributed by atoms with Crippen molar-refractivity contribution in [2.45, 2.75) is 57.6 Å². The van der Waals surface area contributed by atoms with Crippen LogP contribution < -0.4 is 16.4 Å². The summed E-state index contributed by atoms with van der Waals surface area (Å²) in [6.07, 6.45) is 1.91. The molecule has 0 aromatic carbocycles. The zero-order valence-electron chi connectivity index (χ0n) is 13.7. The first-order valence-electron chi connectivity index (χ1n) is 8.16. The molecule has 0 aliphatic carbocycles. The van der Waals surface area contributed by atoms with Crippen LogP contribution in [-0.2, 0) is 9.59 Å². The van der Waals surface area contributed by atoms with Gasteiger partial charge in [-0.3, -0.25) is 9.59 Å². The molecule has 0 aromatic heterocycles. The van der Waals surface area contributed by atoms with Crippen molar-refractivity contribution in [3.8, 4) is 0 Å². The fourth-order valence-electron chi connectivity index (χ4n) is 2.91. The highest BCUT2D eigenvalue weighted by Gasteiger charge is 2.41. The van der Waals surface area contributed by atoms with Crippen molar-refractivity contribution in [2.75, 3.05) is 6.54 Å². The Bertz CT molecular complexity index is 410. The average Bonchev–Trinajstić information content (AvgIpc) is 2.88. The van der Waals surface area contributed by atoms with E-state index in [1.165, 1.54) is 0 Å². The number of hydrogen-bond donors (Lipinski definition) is 6. The highest BCUT2D eigenvalue weighted by atomic mass is 16.4. The van der Waals surface area contributed by atoms with E-state index in [1.807, 2.05) is 13.8 Å². The minimum atomic E-state index is -1.40. The van der Waals surface area contributed by atoms with Gasteiger partial charge in [-0.25, -0.2) is 0 Å². The number of amides is 1. The monoisotopic (exact) mass is 329 g/mol. The van der Waals surface area contributed by atoms with Gasteiger partial charge in [-0.2, -0.15) is 0 Å². The number of rotatable bonds is 9. The van der Waals surface area contributed by atoms with Crippen molar-refractivity contribution in [3.63, 3.8) is 0 Å². The second-order valence-electron chi connectivity index (χ2n) is 6.33. The summed E-state index contributed by atoms with van der Waals surface area (Å²) in [6.45, 7) is 4.22. The number of aliphatic carboxylic acids is 1. The fraction of sp³-hybridized carbons (Fsp3) is 0.857. The minimum Gasteiger partial charge on any atom is -0.480 e. The Kier molecular flexibility index (Phi) is 7.97. The zero-order chi connectivity index (χ0) is 17.6. The maximum Gasteiger partial charge on any atom is 0.451 e. The molecule has 1 amide bonds. The summed E-state index contributed by atoms with van der Waals surface area (Å²) in [5, 5.41) is 32.9. The number of carboxylic acids is 1. The van der Waals surface area contributed by atoms with Crippen molar-refractivity contribution in [3.05, 3.63) is 0 Å². The van der Waals surface area contributed by atoms with Crippen molar-refractivity contribution in [1.82, 2.24) is 10.6 Å². The molecular weight excluding hydrogens is 301 g/mol. The molecule has 8 nitrogen and oxygen atoms in total. The molecule has 1 rings (SSSR count). The first kappa shape index (κ1) is 19.9. The molecule has 1 fully saturated rings. The molecule has 132 valence electrons. The van der Waals surface area contributed by atoms with Gasteiger partial charge in [0.2, 0.25) is 5.91 Å². The Hall–Kier alpha value is -1.16. The van der Waals surface area contributed by atoms with Crippen molar-refractivity contribution >= 4 is 19.0 Å². The SMILES string of the molecule is CCC(C)C(N)C(=O)NC1CNC(C(=O)O)C1CCCB(O)O. The summed E-state index contributed by atoms with van der Waals surface area (Å²) in [7, 11) is -1.40. The fourth-order valence-corrected chi connectivity index (χ4v) is 2.91. The summed E-state index contributed by atoms with van der Waals surface area (Å²) in [4.78, 5) is 23.5. The Morgan fingerprint density at radius 1 is 1.43 bits per heavy atom. The van der Waals surface area contributed by atoms with E-state index in [4.69, 9.17) is 15.8 Å². The molecule has 1 saturated heterocycles. The number of nitrogens with one attached hydrogen (secondary N) is 2. The first-order chi connectivity index (χ1) is 10.8. The van der Waals surface area contributed by atoms with Gasteiger partial charge in [0.1, 0.15) is 6.04 Å². The largest absolute Gasteiger partial charge is 0.480 e. The Balaban J connectivity index is 2.67. The molecule has 0 spiro atoms. The van der Waals surface area contributed by atoms with Gasteiger partial charge in [0.05, 0.1) is 6.04 Å². The van der Waals surface area contributed by atoms with Crippen LogP contribution in [0, 0.1) is 11.8 Å². The topological polar surface area (TPSA) is 145 Å². The van der Waals surface area contributed by atoms with Gasteiger partial charge >= 0.3 is 13.1 Å². The lowest BCUT2D eigenvalue weighted by Gasteiger charge is -2.25. The summed E-state index contributed by atoms with van der Waals surface area (Å²) < 4.78 is 0. The van der Waals surface area contributed by atoms with Crippen LogP contribution in [0.4, 0.5) is 0 Å². The van der Waals surface area contributed by atoms with Gasteiger partial charge in [-0.15, -0.1) is 0 Å². The van der Waals surface area contributed by atoms with Crippen LogP contribution in [0.2, 0.25) is 6.32 Å². The molecule has 5 unspecified atom stereocenters. The lowest BCUT2D eigenvalue weighted by molar-refractivity contribution is -0.140. The third kappa shape index (κ3) is 5.76. The van der Waals surface area contributed by atoms with Crippen LogP contribution in [-0.4, -0.2) is 58.8 Å². The van der Waals surface area contributed by atoms with Crippen LogP contribution in [0.1, 0.15) is 33.1 Å². The summed E-state index contributed by atoms with van der Waals surface area (Å²) in [5.74, 6) is -1.51. The Morgan fingerprint density at radius 3 is 2.61 bits per heavy atom. The van der Waals surface area contributed by atoms with Crippen LogP contribution in [0.25, 0.3) is 0 Å². The molecule has 1 heterocycles. The molecule has 7 N–H and O–H groups in total. The lowest BCUT2D eigenvalue weighted by atomic mass is 9.80. The van der Waals surface area contributed by atoms with Gasteiger partial charge in [0.15, 0.2) is 0 Å². The van der Waals surface area contributed by atoms with E-state index >= 15 is 0 Å². The van der Waals surface area contributed by atoms with Gasteiger partial charge < -0.3 is 31.5 Å². The Labute approximate surface area is 137 Å². The molecule has 0 saturated carbocycles. The second kappa shape index (κ2) is 9.22. The molecule has 0 aromatic rings. The van der Waals surface area contributed by atoms with E-state index in [9.17, 15) is 14.7 Å². The van der Waals surface area contributed by atoms with Gasteiger partial charge in [0, 0.05) is 18.5 Å². The number of carboxylic acid groups (broad SMARTS) is 1. The first-order valence-corrected chi connectivity index (χ1v) is 8.16. The predicted molar refractivity (Wildman–Crippen MR) is 86.5 cm³/mol. The standard InChI is InChI=1S/C14H28BN3O5/c1-3-8(2)11(16)13(19)18-10-7-17-12(14(20)21)9(10)5-4-6-15(22)23/h8-12,17,22-23H,3-7,16H2,1-2H3,(H,18,19)(H,20,21). The molecular formula is C14H28BN3O5. The quantitative estimate of drug-likeness (QED) is 0.291. The molecule has 9 heteroatoms. The average molecular weight is 329 g/mol. The summed E-state index contributed by atoms with van der Waals surface area (Å²) in [6, 6.07) is -1.70. The van der Waals surface area contributed by atoms with Crippen LogP contribution >= 0.6 is 0 Å². The maximum absolute atomic E-state index is 12.2. The van der Waals surface area contributed by atoms with E-state index in [2.05, 4.69) is 10.6 Å². The summed E-state index contributed by atoms with van der Waals surface area (Å²) >= 11 is 0. The van der Waals surface area contributed by atoms with E-state index in [-0.39, 0.29) is 30.1 Å². The molecule has 0 bridgehead atoms. The second-order valence-corrected chi connectivity index (χ2v) is 6.33. The molecule has 23 heavy (non-hydrogen) atoms. The number of carbonyl (C=O) groups excluding carboxylic acids is 1. The normalized spacial score (nSPS) is 26.6. The van der Waals surface area contributed by atoms with Crippen molar-refractivity contribution in [1.29, 1.82) is 0 Å². The van der Waals surface area contributed by atoms with Gasteiger partial charge in [-0.1, -0.05) is 26.7 Å². The van der Waals surface area contributed by atoms with Crippen molar-refractivity contribution < 1.29 is 24.7 Å². The van der Waals surface area contributed by atoms with E-state index in [0.29, 0.717) is 19.4 Å². The number of hydrogen-bond acceptors (Lipinski definition) is 6. The van der Waals surface area contributed by atoms with Crippen molar-refractivity contribution in [2.24, 2.45) is 17.6 Å². The Morgan fingerprint density at radius 2 is 2.09 bits per heavy atom. The van der Waals surface area contributed by atoms with E-state index < -0.39 is 25.2 Å². The van der Waals surface area contributed by atoms with E-state index in [1.54, 1.807) is 0 Å². The van der Waals surface area contributed by atoms with Crippen LogP contribution in [0.3, 0.4) is 0 Å². The lowest BCUT2D eigenvalue weighted by Crippen LogP contribution is -2.51. The minimum absolute atomic E-state index is 0.0441. The van der Waals surface area contributed by atoms with Gasteiger partial charge in [0.25, 0.3) is 0 Å². The molecule has 1 aliphatic rings.